The maximum absolute atomic E-state index is 13.0. The van der Waals surface area contributed by atoms with E-state index in [0.29, 0.717) is 23.7 Å². The van der Waals surface area contributed by atoms with Gasteiger partial charge in [-0.1, -0.05) is 18.5 Å². The van der Waals surface area contributed by atoms with Gasteiger partial charge in [0.1, 0.15) is 5.60 Å². The first-order chi connectivity index (χ1) is 15.1. The summed E-state index contributed by atoms with van der Waals surface area (Å²) < 4.78 is 7.35. The van der Waals surface area contributed by atoms with Crippen LogP contribution < -0.4 is 5.32 Å². The molecule has 0 aliphatic carbocycles. The number of halogens is 1. The Bertz CT molecular complexity index is 941. The molecule has 1 N–H and O–H groups in total. The quantitative estimate of drug-likeness (QED) is 0.667. The molecule has 0 saturated carbocycles. The molecule has 174 valence electrons. The predicted octanol–water partition coefficient (Wildman–Crippen LogP) is 5.17. The highest BCUT2D eigenvalue weighted by molar-refractivity contribution is 6.30. The van der Waals surface area contributed by atoms with Gasteiger partial charge >= 0.3 is 6.09 Å². The molecule has 1 aromatic carbocycles. The van der Waals surface area contributed by atoms with Crippen LogP contribution >= 0.6 is 11.6 Å². The van der Waals surface area contributed by atoms with Crippen LogP contribution in [0.3, 0.4) is 0 Å². The summed E-state index contributed by atoms with van der Waals surface area (Å²) in [5.74, 6) is -0.0336. The van der Waals surface area contributed by atoms with Gasteiger partial charge in [0.2, 0.25) is 0 Å². The molecule has 0 spiro atoms. The topological polar surface area (TPSA) is 76.5 Å². The van der Waals surface area contributed by atoms with Crippen LogP contribution in [0.25, 0.3) is 5.69 Å². The number of nitrogens with zero attached hydrogens (tertiary/aromatic N) is 3. The molecule has 1 unspecified atom stereocenters. The van der Waals surface area contributed by atoms with E-state index in [-0.39, 0.29) is 24.0 Å². The largest absolute Gasteiger partial charge is 0.444 e. The van der Waals surface area contributed by atoms with Crippen LogP contribution in [-0.2, 0) is 4.74 Å². The third kappa shape index (κ3) is 5.82. The molecule has 1 aliphatic rings. The first-order valence-electron chi connectivity index (χ1n) is 11.2. The summed E-state index contributed by atoms with van der Waals surface area (Å²) in [5, 5.41) is 8.25. The number of nitrogens with one attached hydrogen (secondary N) is 1. The van der Waals surface area contributed by atoms with Crippen molar-refractivity contribution in [1.82, 2.24) is 20.0 Å². The Hall–Kier alpha value is -2.54. The lowest BCUT2D eigenvalue weighted by Gasteiger charge is -2.34. The molecule has 1 saturated heterocycles. The molecule has 2 aromatic rings. The van der Waals surface area contributed by atoms with Gasteiger partial charge < -0.3 is 15.0 Å². The van der Waals surface area contributed by atoms with Crippen LogP contribution in [0.1, 0.15) is 75.9 Å². The number of amides is 2. The minimum Gasteiger partial charge on any atom is -0.444 e. The minimum absolute atomic E-state index is 0.0725. The fraction of sp³-hybridized carbons (Fsp3) is 0.542. The van der Waals surface area contributed by atoms with Gasteiger partial charge in [-0.25, -0.2) is 9.48 Å². The summed E-state index contributed by atoms with van der Waals surface area (Å²) in [6.07, 6.45) is 3.64. The summed E-state index contributed by atoms with van der Waals surface area (Å²) in [5.41, 5.74) is 1.78. The maximum Gasteiger partial charge on any atom is 0.410 e. The molecule has 1 atom stereocenters. The Labute approximate surface area is 195 Å². The summed E-state index contributed by atoms with van der Waals surface area (Å²) in [7, 11) is 0. The van der Waals surface area contributed by atoms with E-state index in [1.165, 1.54) is 0 Å². The average Bonchev–Trinajstić information content (AvgIpc) is 3.18. The van der Waals surface area contributed by atoms with Gasteiger partial charge in [0, 0.05) is 30.1 Å². The Morgan fingerprint density at radius 2 is 1.84 bits per heavy atom. The highest BCUT2D eigenvalue weighted by atomic mass is 35.5. The molecular weight excluding hydrogens is 428 g/mol. The zero-order valence-corrected chi connectivity index (χ0v) is 20.3. The molecule has 1 aliphatic heterocycles. The molecular formula is C24H33ClN4O3. The number of piperidine rings is 1. The first kappa shape index (κ1) is 24.1. The Morgan fingerprint density at radius 1 is 1.22 bits per heavy atom. The number of rotatable bonds is 5. The standard InChI is InChI=1S/C24H33ClN4O3/c1-6-16(2)27-22(30)20-15-26-29(19-9-7-18(25)8-10-19)21(20)17-11-13-28(14-12-17)23(31)32-24(3,4)5/h7-10,15-17H,6,11-14H2,1-5H3,(H,27,30). The molecule has 0 bridgehead atoms. The molecule has 32 heavy (non-hydrogen) atoms. The third-order valence-electron chi connectivity index (χ3n) is 5.65. The first-order valence-corrected chi connectivity index (χ1v) is 11.6. The zero-order chi connectivity index (χ0) is 23.5. The number of ether oxygens (including phenoxy) is 1. The van der Waals surface area contributed by atoms with Crippen molar-refractivity contribution < 1.29 is 14.3 Å². The molecule has 2 amide bonds. The van der Waals surface area contributed by atoms with Crippen molar-refractivity contribution in [1.29, 1.82) is 0 Å². The normalized spacial score (nSPS) is 16.0. The van der Waals surface area contributed by atoms with Crippen LogP contribution in [0.15, 0.2) is 30.5 Å². The summed E-state index contributed by atoms with van der Waals surface area (Å²) in [4.78, 5) is 27.2. The summed E-state index contributed by atoms with van der Waals surface area (Å²) in [6.45, 7) is 10.8. The molecule has 8 heteroatoms. The van der Waals surface area contributed by atoms with Gasteiger partial charge in [0.25, 0.3) is 5.91 Å². The zero-order valence-electron chi connectivity index (χ0n) is 19.5. The van der Waals surface area contributed by atoms with Gasteiger partial charge in [0.05, 0.1) is 23.1 Å². The van der Waals surface area contributed by atoms with E-state index >= 15 is 0 Å². The minimum atomic E-state index is -0.525. The number of hydrogen-bond donors (Lipinski definition) is 1. The van der Waals surface area contributed by atoms with Crippen LogP contribution in [-0.4, -0.2) is 51.4 Å². The highest BCUT2D eigenvalue weighted by Crippen LogP contribution is 2.33. The molecule has 3 rings (SSSR count). The molecule has 7 nitrogen and oxygen atoms in total. The SMILES string of the molecule is CCC(C)NC(=O)c1cnn(-c2ccc(Cl)cc2)c1C1CCN(C(=O)OC(C)(C)C)CC1. The Kier molecular flexibility index (Phi) is 7.49. The van der Waals surface area contributed by atoms with Crippen molar-refractivity contribution in [3.63, 3.8) is 0 Å². The Morgan fingerprint density at radius 3 is 2.41 bits per heavy atom. The van der Waals surface area contributed by atoms with Crippen molar-refractivity contribution in [2.75, 3.05) is 13.1 Å². The van der Waals surface area contributed by atoms with Gasteiger partial charge in [-0.05, 0) is 71.2 Å². The van der Waals surface area contributed by atoms with Crippen molar-refractivity contribution in [3.8, 4) is 5.69 Å². The molecule has 1 fully saturated rings. The van der Waals surface area contributed by atoms with Gasteiger partial charge in [-0.15, -0.1) is 0 Å². The van der Waals surface area contributed by atoms with Crippen LogP contribution in [0.4, 0.5) is 4.79 Å². The van der Waals surface area contributed by atoms with Crippen LogP contribution in [0.2, 0.25) is 5.02 Å². The van der Waals surface area contributed by atoms with Crippen molar-refractivity contribution in [3.05, 3.63) is 46.7 Å². The number of carbonyl (C=O) groups excluding carboxylic acids is 2. The van der Waals surface area contributed by atoms with Crippen LogP contribution in [0.5, 0.6) is 0 Å². The van der Waals surface area contributed by atoms with E-state index in [1.807, 2.05) is 63.6 Å². The number of carbonyl (C=O) groups is 2. The second-order valence-electron chi connectivity index (χ2n) is 9.36. The van der Waals surface area contributed by atoms with Crippen molar-refractivity contribution >= 4 is 23.6 Å². The number of likely N-dealkylation sites (tertiary alicyclic amines) is 1. The van der Waals surface area contributed by atoms with E-state index in [2.05, 4.69) is 10.4 Å². The average molecular weight is 461 g/mol. The number of aromatic nitrogens is 2. The van der Waals surface area contributed by atoms with Crippen molar-refractivity contribution in [2.45, 2.75) is 71.4 Å². The van der Waals surface area contributed by atoms with E-state index in [1.54, 1.807) is 11.1 Å². The fourth-order valence-corrected chi connectivity index (χ4v) is 3.91. The highest BCUT2D eigenvalue weighted by Gasteiger charge is 2.32. The smallest absolute Gasteiger partial charge is 0.410 e. The lowest BCUT2D eigenvalue weighted by atomic mass is 9.90. The van der Waals surface area contributed by atoms with E-state index in [4.69, 9.17) is 16.3 Å². The lowest BCUT2D eigenvalue weighted by molar-refractivity contribution is 0.0203. The lowest BCUT2D eigenvalue weighted by Crippen LogP contribution is -2.41. The number of hydrogen-bond acceptors (Lipinski definition) is 4. The van der Waals surface area contributed by atoms with E-state index in [9.17, 15) is 9.59 Å². The van der Waals surface area contributed by atoms with Crippen molar-refractivity contribution in [2.24, 2.45) is 0 Å². The van der Waals surface area contributed by atoms with Gasteiger partial charge in [-0.2, -0.15) is 5.10 Å². The van der Waals surface area contributed by atoms with Gasteiger partial charge in [-0.3, -0.25) is 4.79 Å². The van der Waals surface area contributed by atoms with Gasteiger partial charge in [0.15, 0.2) is 0 Å². The third-order valence-corrected chi connectivity index (χ3v) is 5.90. The monoisotopic (exact) mass is 460 g/mol. The second kappa shape index (κ2) is 9.94. The molecule has 0 radical (unpaired) electrons. The summed E-state index contributed by atoms with van der Waals surface area (Å²) >= 11 is 6.06. The fourth-order valence-electron chi connectivity index (χ4n) is 3.78. The maximum atomic E-state index is 13.0. The van der Waals surface area contributed by atoms with E-state index in [0.717, 1.165) is 30.6 Å². The molecule has 1 aromatic heterocycles. The number of benzene rings is 1. The Balaban J connectivity index is 1.86. The second-order valence-corrected chi connectivity index (χ2v) is 9.79. The van der Waals surface area contributed by atoms with E-state index < -0.39 is 5.60 Å². The van der Waals surface area contributed by atoms with Crippen LogP contribution in [0, 0.1) is 0 Å². The molecule has 2 heterocycles. The predicted molar refractivity (Wildman–Crippen MR) is 126 cm³/mol. The summed E-state index contributed by atoms with van der Waals surface area (Å²) in [6, 6.07) is 7.48.